The molecule has 2 heterocycles. The quantitative estimate of drug-likeness (QED) is 0.690. The first-order chi connectivity index (χ1) is 10.7. The maximum Gasteiger partial charge on any atom is 0.247 e. The lowest BCUT2D eigenvalue weighted by Crippen LogP contribution is -2.23. The van der Waals surface area contributed by atoms with Crippen molar-refractivity contribution < 1.29 is 4.42 Å². The van der Waals surface area contributed by atoms with Crippen LogP contribution in [-0.2, 0) is 13.1 Å². The monoisotopic (exact) mass is 298 g/mol. The van der Waals surface area contributed by atoms with Crippen molar-refractivity contribution in [3.63, 3.8) is 0 Å². The minimum atomic E-state index is 0.554. The van der Waals surface area contributed by atoms with Crippen molar-refractivity contribution in [2.24, 2.45) is 0 Å². The van der Waals surface area contributed by atoms with Crippen LogP contribution in [0.1, 0.15) is 11.7 Å². The fourth-order valence-electron chi connectivity index (χ4n) is 2.14. The lowest BCUT2D eigenvalue weighted by molar-refractivity contribution is 0.278. The molecule has 7 nitrogen and oxygen atoms in total. The topological polar surface area (TPSA) is 72.9 Å². The molecule has 0 aliphatic rings. The largest absolute Gasteiger partial charge is 0.419 e. The van der Waals surface area contributed by atoms with Crippen molar-refractivity contribution in [2.75, 3.05) is 13.6 Å². The molecule has 0 aliphatic carbocycles. The van der Waals surface area contributed by atoms with Gasteiger partial charge in [0.1, 0.15) is 12.2 Å². The van der Waals surface area contributed by atoms with E-state index in [1.54, 1.807) is 6.33 Å². The molecule has 0 atom stereocenters. The SMILES string of the molecule is Cc1nncn1CCN(C)Cc1nnc(-c2ccccc2)o1. The molecule has 22 heavy (non-hydrogen) atoms. The van der Waals surface area contributed by atoms with Crippen LogP contribution in [0.25, 0.3) is 11.5 Å². The van der Waals surface area contributed by atoms with Gasteiger partial charge in [-0.2, -0.15) is 0 Å². The van der Waals surface area contributed by atoms with E-state index in [4.69, 9.17) is 4.42 Å². The van der Waals surface area contributed by atoms with E-state index in [1.165, 1.54) is 0 Å². The van der Waals surface area contributed by atoms with Crippen LogP contribution in [0.5, 0.6) is 0 Å². The van der Waals surface area contributed by atoms with Gasteiger partial charge >= 0.3 is 0 Å². The number of hydrogen-bond donors (Lipinski definition) is 0. The molecular weight excluding hydrogens is 280 g/mol. The fourth-order valence-corrected chi connectivity index (χ4v) is 2.14. The number of aryl methyl sites for hydroxylation is 1. The van der Waals surface area contributed by atoms with E-state index in [9.17, 15) is 0 Å². The minimum Gasteiger partial charge on any atom is -0.419 e. The summed E-state index contributed by atoms with van der Waals surface area (Å²) in [5, 5.41) is 16.0. The normalized spacial score (nSPS) is 11.2. The molecule has 0 aliphatic heterocycles. The lowest BCUT2D eigenvalue weighted by Gasteiger charge is -2.14. The highest BCUT2D eigenvalue weighted by Gasteiger charge is 2.10. The van der Waals surface area contributed by atoms with Gasteiger partial charge in [-0.15, -0.1) is 20.4 Å². The van der Waals surface area contributed by atoms with Crippen LogP contribution in [0, 0.1) is 6.92 Å². The molecule has 3 aromatic rings. The first-order valence-electron chi connectivity index (χ1n) is 7.13. The summed E-state index contributed by atoms with van der Waals surface area (Å²) < 4.78 is 7.72. The number of aromatic nitrogens is 5. The molecule has 2 aromatic heterocycles. The van der Waals surface area contributed by atoms with Crippen LogP contribution >= 0.6 is 0 Å². The smallest absolute Gasteiger partial charge is 0.247 e. The van der Waals surface area contributed by atoms with Gasteiger partial charge in [0.05, 0.1) is 6.54 Å². The lowest BCUT2D eigenvalue weighted by atomic mass is 10.2. The minimum absolute atomic E-state index is 0.554. The van der Waals surface area contributed by atoms with E-state index in [0.29, 0.717) is 18.3 Å². The van der Waals surface area contributed by atoms with Gasteiger partial charge in [-0.25, -0.2) is 0 Å². The Morgan fingerprint density at radius 2 is 1.95 bits per heavy atom. The molecule has 0 spiro atoms. The number of rotatable bonds is 6. The Bertz CT molecular complexity index is 720. The fraction of sp³-hybridized carbons (Fsp3) is 0.333. The predicted molar refractivity (Wildman–Crippen MR) is 80.8 cm³/mol. The molecule has 1 aromatic carbocycles. The second-order valence-electron chi connectivity index (χ2n) is 5.18. The number of nitrogens with zero attached hydrogens (tertiary/aromatic N) is 6. The molecule has 0 bridgehead atoms. The molecule has 0 N–H and O–H groups in total. The maximum atomic E-state index is 5.71. The molecule has 0 saturated heterocycles. The predicted octanol–water partition coefficient (Wildman–Crippen LogP) is 1.77. The van der Waals surface area contributed by atoms with Crippen LogP contribution in [0.15, 0.2) is 41.1 Å². The van der Waals surface area contributed by atoms with Crippen LogP contribution in [0.3, 0.4) is 0 Å². The van der Waals surface area contributed by atoms with Crippen molar-refractivity contribution in [2.45, 2.75) is 20.0 Å². The molecule has 0 unspecified atom stereocenters. The second kappa shape index (κ2) is 6.48. The summed E-state index contributed by atoms with van der Waals surface area (Å²) in [5.41, 5.74) is 0.934. The Balaban J connectivity index is 1.57. The summed E-state index contributed by atoms with van der Waals surface area (Å²) in [6.07, 6.45) is 1.74. The van der Waals surface area contributed by atoms with E-state index in [1.807, 2.05) is 48.9 Å². The molecule has 7 heteroatoms. The van der Waals surface area contributed by atoms with Gasteiger partial charge in [0.15, 0.2) is 0 Å². The van der Waals surface area contributed by atoms with Crippen molar-refractivity contribution in [3.8, 4) is 11.5 Å². The van der Waals surface area contributed by atoms with Gasteiger partial charge in [-0.1, -0.05) is 18.2 Å². The van der Waals surface area contributed by atoms with Crippen LogP contribution in [0.2, 0.25) is 0 Å². The zero-order valence-corrected chi connectivity index (χ0v) is 12.7. The summed E-state index contributed by atoms with van der Waals surface area (Å²) in [5.74, 6) is 2.08. The van der Waals surface area contributed by atoms with E-state index in [0.717, 1.165) is 24.5 Å². The third kappa shape index (κ3) is 3.37. The van der Waals surface area contributed by atoms with Gasteiger partial charge in [0, 0.05) is 18.7 Å². The average molecular weight is 298 g/mol. The standard InChI is InChI=1S/C15H18N6O/c1-12-17-16-11-21(12)9-8-20(2)10-14-18-19-15(22-14)13-6-4-3-5-7-13/h3-7,11H,8-10H2,1-2H3. The van der Waals surface area contributed by atoms with Crippen molar-refractivity contribution in [1.29, 1.82) is 0 Å². The summed E-state index contributed by atoms with van der Waals surface area (Å²) >= 11 is 0. The van der Waals surface area contributed by atoms with Crippen LogP contribution < -0.4 is 0 Å². The molecule has 0 saturated carbocycles. The highest BCUT2D eigenvalue weighted by molar-refractivity contribution is 5.51. The van der Waals surface area contributed by atoms with Gasteiger partial charge < -0.3 is 8.98 Å². The van der Waals surface area contributed by atoms with Gasteiger partial charge in [-0.3, -0.25) is 4.90 Å². The third-order valence-electron chi connectivity index (χ3n) is 3.42. The Morgan fingerprint density at radius 3 is 2.68 bits per heavy atom. The van der Waals surface area contributed by atoms with Crippen molar-refractivity contribution in [1.82, 2.24) is 29.9 Å². The zero-order valence-electron chi connectivity index (χ0n) is 12.7. The van der Waals surface area contributed by atoms with E-state index in [2.05, 4.69) is 25.3 Å². The van der Waals surface area contributed by atoms with Crippen molar-refractivity contribution in [3.05, 3.63) is 48.4 Å². The molecule has 114 valence electrons. The molecule has 0 radical (unpaired) electrons. The summed E-state index contributed by atoms with van der Waals surface area (Å²) in [6, 6.07) is 9.77. The Hall–Kier alpha value is -2.54. The highest BCUT2D eigenvalue weighted by Crippen LogP contribution is 2.17. The van der Waals surface area contributed by atoms with E-state index in [-0.39, 0.29) is 0 Å². The van der Waals surface area contributed by atoms with Crippen molar-refractivity contribution >= 4 is 0 Å². The highest BCUT2D eigenvalue weighted by atomic mass is 16.4. The third-order valence-corrected chi connectivity index (χ3v) is 3.42. The van der Waals surface area contributed by atoms with Gasteiger partial charge in [0.25, 0.3) is 0 Å². The first kappa shape index (κ1) is 14.4. The summed E-state index contributed by atoms with van der Waals surface area (Å²) in [4.78, 5) is 2.13. The number of benzene rings is 1. The van der Waals surface area contributed by atoms with Crippen LogP contribution in [0.4, 0.5) is 0 Å². The van der Waals surface area contributed by atoms with E-state index < -0.39 is 0 Å². The number of hydrogen-bond acceptors (Lipinski definition) is 6. The van der Waals surface area contributed by atoms with Gasteiger partial charge in [-0.05, 0) is 26.1 Å². The second-order valence-corrected chi connectivity index (χ2v) is 5.18. The Kier molecular flexibility index (Phi) is 4.24. The molecule has 0 fully saturated rings. The molecule has 0 amide bonds. The first-order valence-corrected chi connectivity index (χ1v) is 7.13. The number of likely N-dealkylation sites (N-methyl/N-ethyl adjacent to an activating group) is 1. The summed E-state index contributed by atoms with van der Waals surface area (Å²) in [6.45, 7) is 4.23. The Labute approximate surface area is 128 Å². The van der Waals surface area contributed by atoms with Gasteiger partial charge in [0.2, 0.25) is 11.8 Å². The Morgan fingerprint density at radius 1 is 1.14 bits per heavy atom. The zero-order chi connectivity index (χ0) is 15.4. The summed E-state index contributed by atoms with van der Waals surface area (Å²) in [7, 11) is 2.02. The maximum absolute atomic E-state index is 5.71. The van der Waals surface area contributed by atoms with E-state index >= 15 is 0 Å². The average Bonchev–Trinajstić information content (AvgIpc) is 3.15. The van der Waals surface area contributed by atoms with Crippen LogP contribution in [-0.4, -0.2) is 43.5 Å². The molecule has 3 rings (SSSR count). The molecular formula is C15H18N6O.